The molecule has 16 heavy (non-hydrogen) atoms. The second-order valence-corrected chi connectivity index (χ2v) is 3.48. The van der Waals surface area contributed by atoms with Crippen LogP contribution in [0.25, 0.3) is 0 Å². The van der Waals surface area contributed by atoms with Crippen LogP contribution in [0.2, 0.25) is 0 Å². The molecule has 0 rings (SSSR count). The standard InChI is InChI=1S/C8H17O5P.2Na/c1-4-5-6-11-7(2)12-8(3)13-14(9)10;;/h7-8H,4-6H2,1-3H3;;/q-2;2*+1. The summed E-state index contributed by atoms with van der Waals surface area (Å²) in [4.78, 5) is 20.3. The largest absolute Gasteiger partial charge is 1.00 e. The molecule has 0 heterocycles. The first-order chi connectivity index (χ1) is 6.56. The Labute approximate surface area is 143 Å². The molecule has 0 saturated carbocycles. The number of rotatable bonds is 8. The van der Waals surface area contributed by atoms with Crippen molar-refractivity contribution in [3.8, 4) is 0 Å². The van der Waals surface area contributed by atoms with E-state index in [2.05, 4.69) is 11.4 Å². The summed E-state index contributed by atoms with van der Waals surface area (Å²) in [5.41, 5.74) is 0. The molecule has 0 aromatic heterocycles. The third-order valence-electron chi connectivity index (χ3n) is 1.47. The number of ether oxygens (including phenoxy) is 2. The van der Waals surface area contributed by atoms with E-state index in [1.54, 1.807) is 6.92 Å². The molecule has 0 radical (unpaired) electrons. The third kappa shape index (κ3) is 16.2. The number of unbranched alkanes of at least 4 members (excludes halogenated alkanes) is 1. The monoisotopic (exact) mass is 270 g/mol. The molecule has 0 bridgehead atoms. The molecule has 0 amide bonds. The molecule has 2 unspecified atom stereocenters. The van der Waals surface area contributed by atoms with Crippen molar-refractivity contribution >= 4 is 8.60 Å². The predicted molar refractivity (Wildman–Crippen MR) is 48.9 cm³/mol. The molecule has 2 atom stereocenters. The minimum Gasteiger partial charge on any atom is -0.820 e. The van der Waals surface area contributed by atoms with Gasteiger partial charge in [0.25, 0.3) is 0 Å². The molecule has 5 nitrogen and oxygen atoms in total. The van der Waals surface area contributed by atoms with Gasteiger partial charge in [0.1, 0.15) is 0 Å². The predicted octanol–water partition coefficient (Wildman–Crippen LogP) is -5.52. The van der Waals surface area contributed by atoms with Crippen LogP contribution in [0.3, 0.4) is 0 Å². The van der Waals surface area contributed by atoms with Gasteiger partial charge >= 0.3 is 59.1 Å². The van der Waals surface area contributed by atoms with E-state index in [4.69, 9.17) is 9.47 Å². The third-order valence-corrected chi connectivity index (χ3v) is 1.94. The van der Waals surface area contributed by atoms with Gasteiger partial charge in [0.15, 0.2) is 12.6 Å². The van der Waals surface area contributed by atoms with E-state index in [0.29, 0.717) is 6.61 Å². The van der Waals surface area contributed by atoms with Gasteiger partial charge in [0.05, 0.1) is 0 Å². The fourth-order valence-electron chi connectivity index (χ4n) is 0.849. The molecular formula is C8H17Na2O5P. The van der Waals surface area contributed by atoms with Crippen molar-refractivity contribution in [3.63, 3.8) is 0 Å². The van der Waals surface area contributed by atoms with Crippen LogP contribution in [0.4, 0.5) is 0 Å². The van der Waals surface area contributed by atoms with Gasteiger partial charge in [-0.2, -0.15) is 8.60 Å². The van der Waals surface area contributed by atoms with E-state index in [-0.39, 0.29) is 59.1 Å². The molecule has 0 saturated heterocycles. The molecule has 0 fully saturated rings. The van der Waals surface area contributed by atoms with Gasteiger partial charge in [-0.3, -0.25) is 0 Å². The topological polar surface area (TPSA) is 73.8 Å². The molecule has 0 aromatic carbocycles. The van der Waals surface area contributed by atoms with Crippen LogP contribution in [-0.2, 0) is 14.0 Å². The molecule has 0 N–H and O–H groups in total. The van der Waals surface area contributed by atoms with Gasteiger partial charge in [-0.1, -0.05) is 13.3 Å². The Balaban J connectivity index is -0.000000845. The van der Waals surface area contributed by atoms with Crippen molar-refractivity contribution in [1.29, 1.82) is 0 Å². The van der Waals surface area contributed by atoms with Crippen LogP contribution in [-0.4, -0.2) is 19.2 Å². The Bertz CT molecular complexity index is 142. The summed E-state index contributed by atoms with van der Waals surface area (Å²) >= 11 is 0. The maximum Gasteiger partial charge on any atom is 1.00 e. The summed E-state index contributed by atoms with van der Waals surface area (Å²) in [6, 6.07) is 0. The van der Waals surface area contributed by atoms with E-state index < -0.39 is 21.2 Å². The smallest absolute Gasteiger partial charge is 0.820 e. The Morgan fingerprint density at radius 1 is 1.12 bits per heavy atom. The first-order valence-electron chi connectivity index (χ1n) is 4.64. The van der Waals surface area contributed by atoms with Gasteiger partial charge in [0, 0.05) is 6.61 Å². The van der Waals surface area contributed by atoms with Crippen molar-refractivity contribution in [2.24, 2.45) is 0 Å². The Kier molecular flexibility index (Phi) is 22.3. The summed E-state index contributed by atoms with van der Waals surface area (Å²) in [6.07, 6.45) is 0.753. The Hall–Kier alpha value is 2.23. The zero-order valence-corrected chi connectivity index (χ0v) is 15.7. The van der Waals surface area contributed by atoms with Crippen LogP contribution in [0.5, 0.6) is 0 Å². The van der Waals surface area contributed by atoms with Crippen LogP contribution in [0.15, 0.2) is 0 Å². The Morgan fingerprint density at radius 3 is 2.12 bits per heavy atom. The first-order valence-corrected chi connectivity index (χ1v) is 5.74. The number of hydrogen-bond acceptors (Lipinski definition) is 5. The minimum atomic E-state index is -2.87. The molecule has 0 aromatic rings. The zero-order valence-electron chi connectivity index (χ0n) is 10.8. The summed E-state index contributed by atoms with van der Waals surface area (Å²) in [5.74, 6) is 0. The Morgan fingerprint density at radius 2 is 1.69 bits per heavy atom. The van der Waals surface area contributed by atoms with Gasteiger partial charge < -0.3 is 23.8 Å². The van der Waals surface area contributed by atoms with E-state index >= 15 is 0 Å². The van der Waals surface area contributed by atoms with Crippen molar-refractivity contribution in [1.82, 2.24) is 0 Å². The van der Waals surface area contributed by atoms with E-state index in [1.165, 1.54) is 6.92 Å². The molecular weight excluding hydrogens is 253 g/mol. The molecule has 0 aliphatic heterocycles. The average Bonchev–Trinajstić information content (AvgIpc) is 2.02. The molecule has 0 aliphatic rings. The quantitative estimate of drug-likeness (QED) is 0.190. The van der Waals surface area contributed by atoms with E-state index in [1.807, 2.05) is 0 Å². The minimum absolute atomic E-state index is 0. The van der Waals surface area contributed by atoms with Crippen LogP contribution in [0.1, 0.15) is 33.6 Å². The van der Waals surface area contributed by atoms with Crippen LogP contribution < -0.4 is 68.9 Å². The van der Waals surface area contributed by atoms with Crippen molar-refractivity contribution < 1.29 is 82.9 Å². The SMILES string of the molecule is CCCCOC(C)OC(C)OP([O-])[O-].[Na+].[Na+]. The summed E-state index contributed by atoms with van der Waals surface area (Å²) in [7, 11) is -2.87. The second kappa shape index (κ2) is 15.3. The fraction of sp³-hybridized carbons (Fsp3) is 1.00. The summed E-state index contributed by atoms with van der Waals surface area (Å²) in [6.45, 7) is 5.87. The van der Waals surface area contributed by atoms with Crippen molar-refractivity contribution in [2.75, 3.05) is 6.61 Å². The summed E-state index contributed by atoms with van der Waals surface area (Å²) in [5, 5.41) is 0. The van der Waals surface area contributed by atoms with E-state index in [9.17, 15) is 9.79 Å². The maximum absolute atomic E-state index is 10.1. The molecule has 86 valence electrons. The zero-order chi connectivity index (χ0) is 11.0. The van der Waals surface area contributed by atoms with Gasteiger partial charge in [-0.05, 0) is 20.3 Å². The number of hydrogen-bond donors (Lipinski definition) is 0. The fourth-order valence-corrected chi connectivity index (χ4v) is 1.14. The van der Waals surface area contributed by atoms with Crippen molar-refractivity contribution in [2.45, 2.75) is 46.2 Å². The van der Waals surface area contributed by atoms with Gasteiger partial charge in [-0.25, -0.2) is 0 Å². The van der Waals surface area contributed by atoms with Crippen molar-refractivity contribution in [3.05, 3.63) is 0 Å². The molecule has 0 aliphatic carbocycles. The molecule has 0 spiro atoms. The van der Waals surface area contributed by atoms with Crippen LogP contribution in [0, 0.1) is 0 Å². The second-order valence-electron chi connectivity index (χ2n) is 2.82. The van der Waals surface area contributed by atoms with Gasteiger partial charge in [-0.15, -0.1) is 0 Å². The van der Waals surface area contributed by atoms with Gasteiger partial charge in [0.2, 0.25) is 0 Å². The maximum atomic E-state index is 10.1. The first kappa shape index (κ1) is 23.3. The van der Waals surface area contributed by atoms with Crippen LogP contribution >= 0.6 is 8.60 Å². The van der Waals surface area contributed by atoms with E-state index in [0.717, 1.165) is 12.8 Å². The normalized spacial score (nSPS) is 13.9. The average molecular weight is 270 g/mol. The summed E-state index contributed by atoms with van der Waals surface area (Å²) < 4.78 is 14.7. The molecule has 8 heteroatoms.